The predicted octanol–water partition coefficient (Wildman–Crippen LogP) is 4.72. The molecule has 0 saturated heterocycles. The van der Waals surface area contributed by atoms with Crippen molar-refractivity contribution in [3.8, 4) is 0 Å². The van der Waals surface area contributed by atoms with E-state index < -0.39 is 10.0 Å². The number of benzene rings is 3. The Hall–Kier alpha value is -3.30. The Balaban J connectivity index is 1.49. The summed E-state index contributed by atoms with van der Waals surface area (Å²) in [6.07, 6.45) is 0. The highest BCUT2D eigenvalue weighted by atomic mass is 32.2. The monoisotopic (exact) mass is 497 g/mol. The van der Waals surface area contributed by atoms with Crippen LogP contribution in [0.2, 0.25) is 0 Å². The average molecular weight is 498 g/mol. The molecule has 34 heavy (non-hydrogen) atoms. The molecule has 7 nitrogen and oxygen atoms in total. The fourth-order valence-corrected chi connectivity index (χ4v) is 4.97. The van der Waals surface area contributed by atoms with Crippen molar-refractivity contribution >= 4 is 50.7 Å². The molecule has 0 atom stereocenters. The predicted molar refractivity (Wildman–Crippen MR) is 139 cm³/mol. The number of para-hydroxylation sites is 1. The zero-order chi connectivity index (χ0) is 24.7. The lowest BCUT2D eigenvalue weighted by atomic mass is 10.1. The molecule has 0 aliphatic carbocycles. The molecule has 3 rings (SSSR count). The topological polar surface area (TPSA) is 104 Å². The van der Waals surface area contributed by atoms with Gasteiger partial charge in [0.15, 0.2) is 0 Å². The summed E-state index contributed by atoms with van der Waals surface area (Å²) in [6, 6.07) is 19.0. The quantitative estimate of drug-likeness (QED) is 0.397. The van der Waals surface area contributed by atoms with Crippen LogP contribution in [-0.2, 0) is 19.6 Å². The van der Waals surface area contributed by atoms with E-state index >= 15 is 0 Å². The number of anilines is 3. The molecule has 3 aromatic rings. The second-order valence-corrected chi connectivity index (χ2v) is 10.5. The number of thioether (sulfide) groups is 1. The first-order chi connectivity index (χ1) is 16.1. The molecule has 2 amide bonds. The van der Waals surface area contributed by atoms with E-state index in [1.807, 2.05) is 63.2 Å². The maximum absolute atomic E-state index is 12.8. The Morgan fingerprint density at radius 1 is 0.735 bits per heavy atom. The number of carbonyl (C=O) groups is 2. The van der Waals surface area contributed by atoms with Crippen molar-refractivity contribution in [1.82, 2.24) is 0 Å². The van der Waals surface area contributed by atoms with Crippen LogP contribution in [0.1, 0.15) is 16.7 Å². The molecule has 0 spiro atoms. The van der Waals surface area contributed by atoms with E-state index in [1.54, 1.807) is 0 Å². The fourth-order valence-electron chi connectivity index (χ4n) is 3.15. The Morgan fingerprint density at radius 2 is 1.21 bits per heavy atom. The molecule has 0 unspecified atom stereocenters. The van der Waals surface area contributed by atoms with Crippen molar-refractivity contribution in [2.45, 2.75) is 25.7 Å². The Labute approximate surface area is 204 Å². The molecular formula is C25H27N3O4S2. The van der Waals surface area contributed by atoms with Gasteiger partial charge in [0.05, 0.1) is 22.1 Å². The molecule has 0 heterocycles. The van der Waals surface area contributed by atoms with Crippen LogP contribution in [0.15, 0.2) is 71.6 Å². The number of aryl methyl sites for hydroxylation is 3. The standard InChI is InChI=1S/C25H27N3O4S2/c1-17-7-9-20(10-8-17)26-23(29)15-33-16-24(30)27-21-11-13-22(14-12-21)34(31,32)28-25-18(2)5-4-6-19(25)3/h4-14,28H,15-16H2,1-3H3,(H,26,29)(H,27,30). The van der Waals surface area contributed by atoms with E-state index in [0.29, 0.717) is 17.1 Å². The lowest BCUT2D eigenvalue weighted by molar-refractivity contribution is -0.114. The number of amides is 2. The highest BCUT2D eigenvalue weighted by Gasteiger charge is 2.16. The summed E-state index contributed by atoms with van der Waals surface area (Å²) < 4.78 is 28.1. The third-order valence-electron chi connectivity index (χ3n) is 4.97. The lowest BCUT2D eigenvalue weighted by Crippen LogP contribution is -2.18. The molecule has 178 valence electrons. The number of carbonyl (C=O) groups excluding carboxylic acids is 2. The van der Waals surface area contributed by atoms with Gasteiger partial charge in [-0.3, -0.25) is 14.3 Å². The van der Waals surface area contributed by atoms with Crippen molar-refractivity contribution in [1.29, 1.82) is 0 Å². The molecule has 0 bridgehead atoms. The molecule has 0 aromatic heterocycles. The van der Waals surface area contributed by atoms with Crippen LogP contribution in [0.5, 0.6) is 0 Å². The largest absolute Gasteiger partial charge is 0.325 e. The van der Waals surface area contributed by atoms with Crippen molar-refractivity contribution in [3.63, 3.8) is 0 Å². The minimum atomic E-state index is -3.77. The van der Waals surface area contributed by atoms with Crippen LogP contribution in [0, 0.1) is 20.8 Å². The van der Waals surface area contributed by atoms with Crippen LogP contribution >= 0.6 is 11.8 Å². The molecule has 3 aromatic carbocycles. The highest BCUT2D eigenvalue weighted by molar-refractivity contribution is 8.00. The van der Waals surface area contributed by atoms with Gasteiger partial charge in [-0.25, -0.2) is 8.42 Å². The van der Waals surface area contributed by atoms with Crippen LogP contribution < -0.4 is 15.4 Å². The highest BCUT2D eigenvalue weighted by Crippen LogP contribution is 2.24. The Bertz CT molecular complexity index is 1250. The van der Waals surface area contributed by atoms with Crippen molar-refractivity contribution in [3.05, 3.63) is 83.4 Å². The van der Waals surface area contributed by atoms with E-state index in [-0.39, 0.29) is 28.2 Å². The van der Waals surface area contributed by atoms with Gasteiger partial charge in [-0.1, -0.05) is 35.9 Å². The van der Waals surface area contributed by atoms with Gasteiger partial charge in [-0.05, 0) is 68.3 Å². The zero-order valence-electron chi connectivity index (χ0n) is 19.2. The molecule has 0 fully saturated rings. The van der Waals surface area contributed by atoms with Crippen LogP contribution in [0.4, 0.5) is 17.1 Å². The van der Waals surface area contributed by atoms with Gasteiger partial charge in [-0.15, -0.1) is 11.8 Å². The minimum Gasteiger partial charge on any atom is -0.325 e. The van der Waals surface area contributed by atoms with Crippen molar-refractivity contribution in [2.75, 3.05) is 26.9 Å². The smallest absolute Gasteiger partial charge is 0.261 e. The van der Waals surface area contributed by atoms with Gasteiger partial charge < -0.3 is 10.6 Å². The van der Waals surface area contributed by atoms with Gasteiger partial charge in [-0.2, -0.15) is 0 Å². The second-order valence-electron chi connectivity index (χ2n) is 7.85. The summed E-state index contributed by atoms with van der Waals surface area (Å²) in [5.74, 6) is -0.234. The number of sulfonamides is 1. The molecular weight excluding hydrogens is 470 g/mol. The molecule has 0 aliphatic heterocycles. The van der Waals surface area contributed by atoms with E-state index in [2.05, 4.69) is 15.4 Å². The van der Waals surface area contributed by atoms with Gasteiger partial charge in [0.1, 0.15) is 0 Å². The van der Waals surface area contributed by atoms with Gasteiger partial charge in [0, 0.05) is 11.4 Å². The number of nitrogens with one attached hydrogen (secondary N) is 3. The molecule has 9 heteroatoms. The third kappa shape index (κ3) is 7.10. The van der Waals surface area contributed by atoms with E-state index in [9.17, 15) is 18.0 Å². The average Bonchev–Trinajstić information content (AvgIpc) is 2.78. The summed E-state index contributed by atoms with van der Waals surface area (Å²) in [7, 11) is -3.77. The minimum absolute atomic E-state index is 0.0927. The summed E-state index contributed by atoms with van der Waals surface area (Å²) >= 11 is 1.19. The van der Waals surface area contributed by atoms with Gasteiger partial charge >= 0.3 is 0 Å². The van der Waals surface area contributed by atoms with Gasteiger partial charge in [0.2, 0.25) is 11.8 Å². The Kier molecular flexibility index (Phi) is 8.36. The third-order valence-corrected chi connectivity index (χ3v) is 7.27. The van der Waals surface area contributed by atoms with Crippen LogP contribution in [0.25, 0.3) is 0 Å². The van der Waals surface area contributed by atoms with E-state index in [1.165, 1.54) is 36.0 Å². The summed E-state index contributed by atoms with van der Waals surface area (Å²) in [4.78, 5) is 24.3. The SMILES string of the molecule is Cc1ccc(NC(=O)CSCC(=O)Nc2ccc(S(=O)(=O)Nc3c(C)cccc3C)cc2)cc1. The van der Waals surface area contributed by atoms with Crippen molar-refractivity contribution in [2.24, 2.45) is 0 Å². The molecule has 0 radical (unpaired) electrons. The number of hydrogen-bond donors (Lipinski definition) is 3. The molecule has 0 aliphatic rings. The first kappa shape index (κ1) is 25.3. The molecule has 0 saturated carbocycles. The van der Waals surface area contributed by atoms with Gasteiger partial charge in [0.25, 0.3) is 10.0 Å². The van der Waals surface area contributed by atoms with Crippen molar-refractivity contribution < 1.29 is 18.0 Å². The molecule has 3 N–H and O–H groups in total. The first-order valence-electron chi connectivity index (χ1n) is 10.6. The van der Waals surface area contributed by atoms with E-state index in [4.69, 9.17) is 0 Å². The maximum atomic E-state index is 12.8. The zero-order valence-corrected chi connectivity index (χ0v) is 20.8. The Morgan fingerprint density at radius 3 is 1.71 bits per heavy atom. The van der Waals surface area contributed by atoms with Crippen LogP contribution in [0.3, 0.4) is 0 Å². The summed E-state index contributed by atoms with van der Waals surface area (Å²) in [5, 5.41) is 5.49. The summed E-state index contributed by atoms with van der Waals surface area (Å²) in [5.41, 5.74) is 4.51. The fraction of sp³-hybridized carbons (Fsp3) is 0.200. The normalized spacial score (nSPS) is 11.0. The number of hydrogen-bond acceptors (Lipinski definition) is 5. The second kappa shape index (κ2) is 11.2. The summed E-state index contributed by atoms with van der Waals surface area (Å²) in [6.45, 7) is 5.65. The van der Waals surface area contributed by atoms with E-state index in [0.717, 1.165) is 16.7 Å². The maximum Gasteiger partial charge on any atom is 0.261 e. The lowest BCUT2D eigenvalue weighted by Gasteiger charge is -2.13. The first-order valence-corrected chi connectivity index (χ1v) is 13.2. The van der Waals surface area contributed by atoms with Crippen LogP contribution in [-0.4, -0.2) is 31.7 Å². The number of rotatable bonds is 9.